The summed E-state index contributed by atoms with van der Waals surface area (Å²) < 4.78 is 0. The standard InChI is InChI=1S/C13H16N4O2/c1-8-9(2)15-16-13(11(8)7-14)17-5-3-4-10(17)6-12(18)19/h10H,3-6H2,1-2H3,(H,18,19). The van der Waals surface area contributed by atoms with Gasteiger partial charge >= 0.3 is 5.97 Å². The van der Waals surface area contributed by atoms with Gasteiger partial charge in [0, 0.05) is 12.6 Å². The Bertz CT molecular complexity index is 550. The lowest BCUT2D eigenvalue weighted by atomic mass is 10.1. The van der Waals surface area contributed by atoms with Gasteiger partial charge in [-0.2, -0.15) is 10.4 Å². The fraction of sp³-hybridized carbons (Fsp3) is 0.538. The Kier molecular flexibility index (Phi) is 3.65. The van der Waals surface area contributed by atoms with Crippen molar-refractivity contribution in [1.29, 1.82) is 5.26 Å². The number of carboxylic acid groups (broad SMARTS) is 1. The van der Waals surface area contributed by atoms with Crippen LogP contribution in [0, 0.1) is 25.2 Å². The number of nitriles is 1. The Hall–Kier alpha value is -2.16. The first-order valence-corrected chi connectivity index (χ1v) is 6.27. The van der Waals surface area contributed by atoms with Gasteiger partial charge in [0.1, 0.15) is 11.6 Å². The van der Waals surface area contributed by atoms with E-state index in [2.05, 4.69) is 16.3 Å². The van der Waals surface area contributed by atoms with Gasteiger partial charge in [-0.3, -0.25) is 4.79 Å². The third kappa shape index (κ3) is 2.50. The molecule has 1 aromatic rings. The molecule has 1 unspecified atom stereocenters. The van der Waals surface area contributed by atoms with E-state index in [0.29, 0.717) is 11.4 Å². The van der Waals surface area contributed by atoms with Crippen molar-refractivity contribution in [2.24, 2.45) is 0 Å². The molecule has 0 radical (unpaired) electrons. The van der Waals surface area contributed by atoms with Gasteiger partial charge in [0.05, 0.1) is 12.1 Å². The molecule has 1 aliphatic heterocycles. The summed E-state index contributed by atoms with van der Waals surface area (Å²) in [5.74, 6) is -0.304. The van der Waals surface area contributed by atoms with Crippen molar-refractivity contribution < 1.29 is 9.90 Å². The van der Waals surface area contributed by atoms with Crippen LogP contribution in [0.5, 0.6) is 0 Å². The highest BCUT2D eigenvalue weighted by molar-refractivity contribution is 5.69. The lowest BCUT2D eigenvalue weighted by Crippen LogP contribution is -2.33. The number of anilines is 1. The summed E-state index contributed by atoms with van der Waals surface area (Å²) in [6.45, 7) is 4.38. The van der Waals surface area contributed by atoms with Crippen LogP contribution in [-0.4, -0.2) is 33.9 Å². The second-order valence-corrected chi connectivity index (χ2v) is 4.81. The van der Waals surface area contributed by atoms with Crippen molar-refractivity contribution in [2.45, 2.75) is 39.2 Å². The lowest BCUT2D eigenvalue weighted by Gasteiger charge is -2.25. The molecule has 1 aromatic heterocycles. The number of hydrogen-bond acceptors (Lipinski definition) is 5. The molecule has 0 spiro atoms. The maximum absolute atomic E-state index is 10.9. The van der Waals surface area contributed by atoms with Gasteiger partial charge in [0.2, 0.25) is 0 Å². The molecule has 1 N–H and O–H groups in total. The zero-order chi connectivity index (χ0) is 14.0. The van der Waals surface area contributed by atoms with Gasteiger partial charge in [-0.25, -0.2) is 0 Å². The minimum Gasteiger partial charge on any atom is -0.481 e. The zero-order valence-corrected chi connectivity index (χ0v) is 11.1. The van der Waals surface area contributed by atoms with Crippen LogP contribution in [0.1, 0.15) is 36.1 Å². The number of carboxylic acids is 1. The molecule has 0 aromatic carbocycles. The van der Waals surface area contributed by atoms with Crippen LogP contribution in [-0.2, 0) is 4.79 Å². The highest BCUT2D eigenvalue weighted by Gasteiger charge is 2.30. The van der Waals surface area contributed by atoms with Crippen molar-refractivity contribution in [3.05, 3.63) is 16.8 Å². The fourth-order valence-electron chi connectivity index (χ4n) is 2.46. The average molecular weight is 260 g/mol. The molecule has 100 valence electrons. The highest BCUT2D eigenvalue weighted by Crippen LogP contribution is 2.29. The van der Waals surface area contributed by atoms with Crippen LogP contribution < -0.4 is 4.90 Å². The zero-order valence-electron chi connectivity index (χ0n) is 11.1. The van der Waals surface area contributed by atoms with Crippen LogP contribution in [0.2, 0.25) is 0 Å². The molecule has 0 aliphatic carbocycles. The van der Waals surface area contributed by atoms with Crippen LogP contribution in [0.3, 0.4) is 0 Å². The molecule has 6 nitrogen and oxygen atoms in total. The lowest BCUT2D eigenvalue weighted by molar-refractivity contribution is -0.137. The second kappa shape index (κ2) is 5.22. The van der Waals surface area contributed by atoms with Crippen molar-refractivity contribution in [3.63, 3.8) is 0 Å². The number of hydrogen-bond donors (Lipinski definition) is 1. The summed E-state index contributed by atoms with van der Waals surface area (Å²) in [4.78, 5) is 12.8. The first-order valence-electron chi connectivity index (χ1n) is 6.27. The van der Waals surface area contributed by atoms with E-state index in [1.165, 1.54) is 0 Å². The van der Waals surface area contributed by atoms with Gasteiger partial charge in [-0.15, -0.1) is 5.10 Å². The van der Waals surface area contributed by atoms with Gasteiger partial charge in [0.25, 0.3) is 0 Å². The largest absolute Gasteiger partial charge is 0.481 e. The number of rotatable bonds is 3. The fourth-order valence-corrected chi connectivity index (χ4v) is 2.46. The smallest absolute Gasteiger partial charge is 0.305 e. The molecule has 1 fully saturated rings. The molecule has 6 heteroatoms. The minimum atomic E-state index is -0.827. The Labute approximate surface area is 111 Å². The van der Waals surface area contributed by atoms with E-state index in [4.69, 9.17) is 5.11 Å². The van der Waals surface area contributed by atoms with E-state index in [-0.39, 0.29) is 12.5 Å². The maximum atomic E-state index is 10.9. The molecule has 2 heterocycles. The topological polar surface area (TPSA) is 90.1 Å². The average Bonchev–Trinajstić information content (AvgIpc) is 2.79. The van der Waals surface area contributed by atoms with E-state index in [1.807, 2.05) is 18.7 Å². The van der Waals surface area contributed by atoms with Crippen molar-refractivity contribution >= 4 is 11.8 Å². The van der Waals surface area contributed by atoms with Crippen LogP contribution in [0.25, 0.3) is 0 Å². The number of aryl methyl sites for hydroxylation is 1. The predicted octanol–water partition coefficient (Wildman–Crippen LogP) is 1.41. The molecule has 0 saturated carbocycles. The Morgan fingerprint density at radius 1 is 1.53 bits per heavy atom. The van der Waals surface area contributed by atoms with E-state index in [9.17, 15) is 10.1 Å². The van der Waals surface area contributed by atoms with Crippen LogP contribution >= 0.6 is 0 Å². The molecular formula is C13H16N4O2. The van der Waals surface area contributed by atoms with Crippen LogP contribution in [0.15, 0.2) is 0 Å². The van der Waals surface area contributed by atoms with Crippen molar-refractivity contribution in [2.75, 3.05) is 11.4 Å². The molecule has 0 amide bonds. The number of aromatic nitrogens is 2. The van der Waals surface area contributed by atoms with Gasteiger partial charge < -0.3 is 10.0 Å². The van der Waals surface area contributed by atoms with Gasteiger partial charge in [0.15, 0.2) is 5.82 Å². The summed E-state index contributed by atoms with van der Waals surface area (Å²) in [5.41, 5.74) is 2.05. The van der Waals surface area contributed by atoms with Crippen LogP contribution in [0.4, 0.5) is 5.82 Å². The molecule has 2 rings (SSSR count). The van der Waals surface area contributed by atoms with Crippen molar-refractivity contribution in [1.82, 2.24) is 10.2 Å². The predicted molar refractivity (Wildman–Crippen MR) is 68.8 cm³/mol. The SMILES string of the molecule is Cc1nnc(N2CCCC2CC(=O)O)c(C#N)c1C. The van der Waals surface area contributed by atoms with E-state index >= 15 is 0 Å². The number of aliphatic carboxylic acids is 1. The summed E-state index contributed by atoms with van der Waals surface area (Å²) in [7, 11) is 0. The quantitative estimate of drug-likeness (QED) is 0.883. The molecular weight excluding hydrogens is 244 g/mol. The summed E-state index contributed by atoms with van der Waals surface area (Å²) in [6, 6.07) is 2.07. The van der Waals surface area contributed by atoms with Gasteiger partial charge in [-0.1, -0.05) is 0 Å². The summed E-state index contributed by atoms with van der Waals surface area (Å²) in [5, 5.41) is 26.4. The highest BCUT2D eigenvalue weighted by atomic mass is 16.4. The third-order valence-corrected chi connectivity index (χ3v) is 3.61. The third-order valence-electron chi connectivity index (χ3n) is 3.61. The van der Waals surface area contributed by atoms with Gasteiger partial charge in [-0.05, 0) is 32.3 Å². The van der Waals surface area contributed by atoms with E-state index in [1.54, 1.807) is 0 Å². The first-order chi connectivity index (χ1) is 9.04. The minimum absolute atomic E-state index is 0.0689. The summed E-state index contributed by atoms with van der Waals surface area (Å²) >= 11 is 0. The first kappa shape index (κ1) is 13.3. The molecule has 1 saturated heterocycles. The normalized spacial score (nSPS) is 18.4. The van der Waals surface area contributed by atoms with E-state index in [0.717, 1.165) is 30.6 Å². The number of carbonyl (C=O) groups is 1. The molecule has 1 aliphatic rings. The molecule has 0 bridgehead atoms. The Balaban J connectivity index is 2.39. The Morgan fingerprint density at radius 2 is 2.26 bits per heavy atom. The summed E-state index contributed by atoms with van der Waals surface area (Å²) in [6.07, 6.45) is 1.79. The maximum Gasteiger partial charge on any atom is 0.305 e. The number of nitrogens with zero attached hydrogens (tertiary/aromatic N) is 4. The van der Waals surface area contributed by atoms with Crippen molar-refractivity contribution in [3.8, 4) is 6.07 Å². The monoisotopic (exact) mass is 260 g/mol. The molecule has 19 heavy (non-hydrogen) atoms. The van der Waals surface area contributed by atoms with E-state index < -0.39 is 5.97 Å². The molecule has 1 atom stereocenters. The second-order valence-electron chi connectivity index (χ2n) is 4.81. The Morgan fingerprint density at radius 3 is 2.89 bits per heavy atom.